The van der Waals surface area contributed by atoms with Gasteiger partial charge in [0.15, 0.2) is 0 Å². The third-order valence-electron chi connectivity index (χ3n) is 3.31. The van der Waals surface area contributed by atoms with E-state index in [-0.39, 0.29) is 35.1 Å². The predicted octanol–water partition coefficient (Wildman–Crippen LogP) is -0.775. The Morgan fingerprint density at radius 2 is 1.43 bits per heavy atom. The second-order valence-electron chi connectivity index (χ2n) is 7.15. The molecule has 0 amide bonds. The standard InChI is InChI=1S/C10H25N2P.C5H5.2ClH.Ti/c1-9(2,3)13(11,12(7)8)10(4,5)6;1-2-4-5-3-1;;;/h11H,1-8H3;1-3H,4H2;2*1H;/q;;;;+2/p-2. The van der Waals surface area contributed by atoms with Gasteiger partial charge in [-0.25, -0.2) is 0 Å². The van der Waals surface area contributed by atoms with E-state index in [9.17, 15) is 0 Å². The molecule has 0 atom stereocenters. The van der Waals surface area contributed by atoms with Crippen LogP contribution in [0.5, 0.6) is 0 Å². The first-order valence-corrected chi connectivity index (χ1v) is 9.25. The monoisotopic (exact) mass is 387 g/mol. The minimum absolute atomic E-state index is 0. The zero-order valence-electron chi connectivity index (χ0n) is 14.6. The number of nitrogens with zero attached hydrogens (tertiary/aromatic N) is 1. The Bertz CT molecular complexity index is 387. The molecule has 0 saturated heterocycles. The molecule has 0 aromatic carbocycles. The van der Waals surface area contributed by atoms with Gasteiger partial charge in [0.1, 0.15) is 0 Å². The van der Waals surface area contributed by atoms with Crippen molar-refractivity contribution in [2.24, 2.45) is 0 Å². The van der Waals surface area contributed by atoms with E-state index in [0.29, 0.717) is 0 Å². The number of rotatable bonds is 1. The van der Waals surface area contributed by atoms with Gasteiger partial charge in [-0.05, 0) is 14.1 Å². The predicted molar refractivity (Wildman–Crippen MR) is 84.7 cm³/mol. The fourth-order valence-electron chi connectivity index (χ4n) is 2.65. The summed E-state index contributed by atoms with van der Waals surface area (Å²) in [6.07, 6.45) is 7.56. The van der Waals surface area contributed by atoms with Crippen LogP contribution in [-0.2, 0) is 20.4 Å². The first-order chi connectivity index (χ1) is 8.34. The Labute approximate surface area is 156 Å². The van der Waals surface area contributed by atoms with Crippen molar-refractivity contribution < 1.29 is 45.2 Å². The molecule has 1 aliphatic rings. The van der Waals surface area contributed by atoms with Gasteiger partial charge in [-0.15, -0.1) is 0 Å². The van der Waals surface area contributed by atoms with E-state index in [1.165, 1.54) is 10.3 Å². The van der Waals surface area contributed by atoms with E-state index in [0.717, 1.165) is 0 Å². The van der Waals surface area contributed by atoms with E-state index in [4.69, 9.17) is 5.16 Å². The average molecular weight is 388 g/mol. The van der Waals surface area contributed by atoms with Crippen molar-refractivity contribution in [3.63, 3.8) is 0 Å². The van der Waals surface area contributed by atoms with E-state index in [1.54, 1.807) is 0 Å². The summed E-state index contributed by atoms with van der Waals surface area (Å²) in [6, 6.07) is 0. The van der Waals surface area contributed by atoms with Gasteiger partial charge < -0.3 is 30.0 Å². The number of allylic oxidation sites excluding steroid dienone is 4. The van der Waals surface area contributed by atoms with Crippen LogP contribution in [0.2, 0.25) is 0 Å². The summed E-state index contributed by atoms with van der Waals surface area (Å²) in [7, 11) is 2.25. The van der Waals surface area contributed by atoms with Gasteiger partial charge in [0, 0.05) is 17.5 Å². The molecule has 1 rings (SSSR count). The maximum absolute atomic E-state index is 8.72. The van der Waals surface area contributed by atoms with E-state index in [2.05, 4.69) is 84.9 Å². The topological polar surface area (TPSA) is 27.1 Å². The fourth-order valence-corrected chi connectivity index (χ4v) is 7.40. The van der Waals surface area contributed by atoms with Crippen LogP contribution in [0.15, 0.2) is 22.1 Å². The molecule has 6 heteroatoms. The molecular weight excluding hydrogens is 358 g/mol. The Hall–Kier alpha value is 0.964. The summed E-state index contributed by atoms with van der Waals surface area (Å²) in [6.45, 7) is 13.1. The van der Waals surface area contributed by atoms with E-state index in [1.807, 2.05) is 14.1 Å². The van der Waals surface area contributed by atoms with Crippen molar-refractivity contribution >= 4 is 7.21 Å². The van der Waals surface area contributed by atoms with Gasteiger partial charge in [0.2, 0.25) is 0 Å². The Balaban J connectivity index is -0.000000342. The van der Waals surface area contributed by atoms with Gasteiger partial charge >= 0.3 is 49.0 Å². The Morgan fingerprint density at radius 3 is 1.48 bits per heavy atom. The average Bonchev–Trinajstić information content (AvgIpc) is 2.65. The first-order valence-electron chi connectivity index (χ1n) is 6.73. The van der Waals surface area contributed by atoms with Crippen LogP contribution in [0.25, 0.3) is 0 Å². The number of hydrogen-bond donors (Lipinski definition) is 1. The molecule has 0 bridgehead atoms. The van der Waals surface area contributed by atoms with Crippen LogP contribution >= 0.6 is 7.21 Å². The Morgan fingerprint density at radius 1 is 1.05 bits per heavy atom. The van der Waals surface area contributed by atoms with Gasteiger partial charge in [0.25, 0.3) is 0 Å². The van der Waals surface area contributed by atoms with Crippen molar-refractivity contribution in [2.45, 2.75) is 58.3 Å². The molecular formula is C15H30Cl2N2PTi. The molecule has 0 aromatic heterocycles. The number of halogens is 2. The molecule has 1 aliphatic carbocycles. The SMILES string of the molecule is CN(C)P(=N)(C(C)(C)C)C(C)(C)C.[Cl-].[Cl-].[Ti+2][C]1=CC=CC1. The first kappa shape index (κ1) is 26.8. The van der Waals surface area contributed by atoms with Gasteiger partial charge in [-0.1, -0.05) is 41.5 Å². The molecule has 0 heterocycles. The normalized spacial score (nSPS) is 14.7. The van der Waals surface area contributed by atoms with Crippen LogP contribution in [0.3, 0.4) is 0 Å². The molecule has 2 nitrogen and oxygen atoms in total. The molecule has 123 valence electrons. The van der Waals surface area contributed by atoms with Crippen molar-refractivity contribution in [3.05, 3.63) is 22.1 Å². The van der Waals surface area contributed by atoms with Gasteiger partial charge in [-0.3, -0.25) is 4.67 Å². The summed E-state index contributed by atoms with van der Waals surface area (Å²) in [5.74, 6) is 0. The van der Waals surface area contributed by atoms with E-state index >= 15 is 0 Å². The van der Waals surface area contributed by atoms with Crippen LogP contribution in [0.1, 0.15) is 48.0 Å². The maximum atomic E-state index is 8.72. The van der Waals surface area contributed by atoms with Gasteiger partial charge in [-0.2, -0.15) is 0 Å². The second kappa shape index (κ2) is 9.96. The van der Waals surface area contributed by atoms with Crippen molar-refractivity contribution in [3.8, 4) is 0 Å². The summed E-state index contributed by atoms with van der Waals surface area (Å²) in [4.78, 5) is 0. The van der Waals surface area contributed by atoms with E-state index < -0.39 is 7.21 Å². The van der Waals surface area contributed by atoms with Crippen molar-refractivity contribution in [1.29, 1.82) is 5.16 Å². The van der Waals surface area contributed by atoms with Crippen molar-refractivity contribution in [2.75, 3.05) is 14.1 Å². The van der Waals surface area contributed by atoms with Crippen molar-refractivity contribution in [1.82, 2.24) is 4.67 Å². The summed E-state index contributed by atoms with van der Waals surface area (Å²) < 4.78 is 3.60. The summed E-state index contributed by atoms with van der Waals surface area (Å²) in [5.41, 5.74) is 0. The molecule has 0 fully saturated rings. The molecule has 0 aromatic rings. The molecule has 21 heavy (non-hydrogen) atoms. The number of hydrogen-bond acceptors (Lipinski definition) is 1. The summed E-state index contributed by atoms with van der Waals surface area (Å²) in [5, 5.41) is 8.84. The van der Waals surface area contributed by atoms with Gasteiger partial charge in [0.05, 0.1) is 0 Å². The van der Waals surface area contributed by atoms with Crippen LogP contribution in [0, 0.1) is 5.16 Å². The minimum atomic E-state index is -1.83. The molecule has 0 aliphatic heterocycles. The Kier molecular flexibility index (Phi) is 12.7. The third-order valence-corrected chi connectivity index (χ3v) is 8.98. The summed E-state index contributed by atoms with van der Waals surface area (Å²) >= 11 is 2.14. The van der Waals surface area contributed by atoms with Crippen LogP contribution in [0.4, 0.5) is 0 Å². The van der Waals surface area contributed by atoms with Crippen LogP contribution < -0.4 is 24.8 Å². The molecule has 0 spiro atoms. The third kappa shape index (κ3) is 7.38. The zero-order chi connectivity index (χ0) is 15.5. The molecule has 0 unspecified atom stereocenters. The molecule has 0 saturated carbocycles. The van der Waals surface area contributed by atoms with Crippen LogP contribution in [-0.4, -0.2) is 29.1 Å². The molecule has 1 N–H and O–H groups in total. The zero-order valence-corrected chi connectivity index (χ0v) is 18.6. The fraction of sp³-hybridized carbons (Fsp3) is 0.733. The second-order valence-corrected chi connectivity index (χ2v) is 12.9. The molecule has 0 radical (unpaired) electrons. The quantitative estimate of drug-likeness (QED) is 0.464. The number of nitrogens with one attached hydrogen (secondary N) is 1.